The number of hydrogen-bond donors (Lipinski definition) is 4. The number of amides is 4. The van der Waals surface area contributed by atoms with Gasteiger partial charge in [0.1, 0.15) is 0 Å². The Morgan fingerprint density at radius 1 is 0.543 bits per heavy atom. The molecule has 0 heterocycles. The summed E-state index contributed by atoms with van der Waals surface area (Å²) in [7, 11) is 0. The van der Waals surface area contributed by atoms with E-state index in [1.165, 1.54) is 64.1 Å². The Hall–Kier alpha value is -3.82. The van der Waals surface area contributed by atoms with Gasteiger partial charge in [0.25, 0.3) is 0 Å². The van der Waals surface area contributed by atoms with Gasteiger partial charge in [-0.05, 0) is 36.4 Å². The molecule has 4 amide bonds. The summed E-state index contributed by atoms with van der Waals surface area (Å²) < 4.78 is 0. The Morgan fingerprint density at radius 3 is 1.06 bits per heavy atom. The van der Waals surface area contributed by atoms with Crippen molar-refractivity contribution >= 4 is 85.6 Å². The predicted molar refractivity (Wildman–Crippen MR) is 125 cm³/mol. The Bertz CT molecular complexity index is 1060. The first kappa shape index (κ1) is 31.2. The van der Waals surface area contributed by atoms with E-state index in [1.54, 1.807) is 0 Å². The molecular formula is C22H22N4O8Pb. The van der Waals surface area contributed by atoms with Crippen LogP contribution in [-0.2, 0) is 19.2 Å². The maximum atomic E-state index is 10.9. The van der Waals surface area contributed by atoms with Crippen LogP contribution in [-0.4, -0.2) is 62.9 Å². The number of carbonyl (C=O) groups is 6. The van der Waals surface area contributed by atoms with Crippen molar-refractivity contribution in [3.05, 3.63) is 47.5 Å². The Morgan fingerprint density at radius 2 is 0.829 bits per heavy atom. The summed E-state index contributed by atoms with van der Waals surface area (Å²) in [5.74, 6) is -4.20. The quantitative estimate of drug-likeness (QED) is 0.295. The van der Waals surface area contributed by atoms with E-state index in [4.69, 9.17) is 0 Å². The first-order valence-electron chi connectivity index (χ1n) is 9.61. The van der Waals surface area contributed by atoms with E-state index in [0.717, 1.165) is 0 Å². The average molecular weight is 678 g/mol. The van der Waals surface area contributed by atoms with E-state index >= 15 is 0 Å². The van der Waals surface area contributed by atoms with E-state index in [1.807, 2.05) is 0 Å². The molecule has 0 atom stereocenters. The molecular weight excluding hydrogens is 655 g/mol. The molecule has 0 saturated carbocycles. The molecule has 4 N–H and O–H groups in total. The van der Waals surface area contributed by atoms with Gasteiger partial charge in [0.15, 0.2) is 0 Å². The van der Waals surface area contributed by atoms with Crippen LogP contribution in [0.5, 0.6) is 0 Å². The number of carboxylic acids is 2. The van der Waals surface area contributed by atoms with Crippen molar-refractivity contribution in [2.24, 2.45) is 0 Å². The van der Waals surface area contributed by atoms with Crippen LogP contribution < -0.4 is 31.5 Å². The summed E-state index contributed by atoms with van der Waals surface area (Å²) >= 11 is 0. The third kappa shape index (κ3) is 11.2. The molecule has 2 aromatic carbocycles. The number of carbonyl (C=O) groups excluding carboxylic acids is 6. The Labute approximate surface area is 220 Å². The van der Waals surface area contributed by atoms with Crippen LogP contribution in [0.15, 0.2) is 36.4 Å². The van der Waals surface area contributed by atoms with Crippen molar-refractivity contribution in [1.29, 1.82) is 0 Å². The zero-order valence-electron chi connectivity index (χ0n) is 19.2. The molecule has 0 saturated heterocycles. The first-order valence-corrected chi connectivity index (χ1v) is 9.61. The van der Waals surface area contributed by atoms with Gasteiger partial charge in [-0.1, -0.05) is 0 Å². The molecule has 2 radical (unpaired) electrons. The number of aromatic carboxylic acids is 2. The van der Waals surface area contributed by atoms with Gasteiger partial charge in [-0.25, -0.2) is 0 Å². The third-order valence-electron chi connectivity index (χ3n) is 3.74. The Kier molecular flexibility index (Phi) is 12.9. The van der Waals surface area contributed by atoms with E-state index in [2.05, 4.69) is 21.3 Å². The normalized spacial score (nSPS) is 9.26. The fourth-order valence-corrected chi connectivity index (χ4v) is 2.59. The minimum absolute atomic E-state index is 0. The Balaban J connectivity index is 0.000000642. The second kappa shape index (κ2) is 14.4. The van der Waals surface area contributed by atoms with Gasteiger partial charge >= 0.3 is 27.3 Å². The maximum absolute atomic E-state index is 10.9. The maximum Gasteiger partial charge on any atom is 2.00 e. The zero-order valence-corrected chi connectivity index (χ0v) is 23.1. The number of rotatable bonds is 6. The molecule has 0 bridgehead atoms. The van der Waals surface area contributed by atoms with Crippen molar-refractivity contribution in [2.45, 2.75) is 27.7 Å². The summed E-state index contributed by atoms with van der Waals surface area (Å²) in [6, 6.07) is 8.05. The van der Waals surface area contributed by atoms with Crippen molar-refractivity contribution in [3.63, 3.8) is 0 Å². The molecule has 0 spiro atoms. The SMILES string of the molecule is CC(=O)Nc1ccc(C(=O)[O-])c(NC(C)=O)c1.CC(=O)Nc1ccc(C(=O)[O-])c(NC(C)=O)c1.[Pb+2]. The molecule has 0 unspecified atom stereocenters. The molecule has 2 aromatic rings. The molecule has 13 heteroatoms. The topological polar surface area (TPSA) is 197 Å². The van der Waals surface area contributed by atoms with Crippen molar-refractivity contribution < 1.29 is 39.0 Å². The van der Waals surface area contributed by atoms with Gasteiger partial charge in [0.2, 0.25) is 23.6 Å². The fraction of sp³-hybridized carbons (Fsp3) is 0.182. The van der Waals surface area contributed by atoms with Gasteiger partial charge < -0.3 is 41.1 Å². The smallest absolute Gasteiger partial charge is 0.545 e. The molecule has 2 rings (SSSR count). The number of benzene rings is 2. The number of hydrogen-bond acceptors (Lipinski definition) is 8. The third-order valence-corrected chi connectivity index (χ3v) is 3.74. The first-order chi connectivity index (χ1) is 15.8. The van der Waals surface area contributed by atoms with Crippen LogP contribution in [0.4, 0.5) is 22.7 Å². The molecule has 182 valence electrons. The van der Waals surface area contributed by atoms with Crippen LogP contribution in [0.1, 0.15) is 48.4 Å². The van der Waals surface area contributed by atoms with Gasteiger partial charge in [0, 0.05) is 50.2 Å². The predicted octanol–water partition coefficient (Wildman–Crippen LogP) is -0.447. The number of nitrogens with one attached hydrogen (secondary N) is 4. The summed E-state index contributed by atoms with van der Waals surface area (Å²) in [6.07, 6.45) is 0. The van der Waals surface area contributed by atoms with Gasteiger partial charge in [-0.3, -0.25) is 19.2 Å². The van der Waals surface area contributed by atoms with Crippen molar-refractivity contribution in [3.8, 4) is 0 Å². The van der Waals surface area contributed by atoms with Gasteiger partial charge in [0.05, 0.1) is 23.3 Å². The molecule has 0 aliphatic rings. The molecule has 0 aliphatic heterocycles. The average Bonchev–Trinajstić information content (AvgIpc) is 2.66. The summed E-state index contributed by atoms with van der Waals surface area (Å²) in [6.45, 7) is 5.16. The number of anilines is 4. The standard InChI is InChI=1S/2C11H12N2O4.Pb/c2*1-6(14)12-8-3-4-9(11(16)17)10(5-8)13-7(2)15;/h2*3-5H,1-2H3,(H,12,14)(H,13,15)(H,16,17);/q;;+2/p-2. The zero-order chi connectivity index (χ0) is 26.0. The largest absolute Gasteiger partial charge is 2.00 e. The van der Waals surface area contributed by atoms with Gasteiger partial charge in [-0.2, -0.15) is 0 Å². The van der Waals surface area contributed by atoms with Crippen molar-refractivity contribution in [1.82, 2.24) is 0 Å². The van der Waals surface area contributed by atoms with E-state index in [-0.39, 0.29) is 61.6 Å². The fourth-order valence-electron chi connectivity index (χ4n) is 2.59. The minimum Gasteiger partial charge on any atom is -0.545 e. The van der Waals surface area contributed by atoms with Crippen LogP contribution >= 0.6 is 0 Å². The van der Waals surface area contributed by atoms with Crippen LogP contribution in [0.25, 0.3) is 0 Å². The summed E-state index contributed by atoms with van der Waals surface area (Å²) in [4.78, 5) is 65.1. The second-order valence-corrected chi connectivity index (χ2v) is 6.82. The summed E-state index contributed by atoms with van der Waals surface area (Å²) in [5.41, 5.74) is 0.675. The van der Waals surface area contributed by atoms with Crippen LogP contribution in [0, 0.1) is 0 Å². The molecule has 12 nitrogen and oxygen atoms in total. The van der Waals surface area contributed by atoms with Crippen LogP contribution in [0.2, 0.25) is 0 Å². The molecule has 35 heavy (non-hydrogen) atoms. The molecule has 0 aromatic heterocycles. The van der Waals surface area contributed by atoms with E-state index < -0.39 is 23.8 Å². The van der Waals surface area contributed by atoms with E-state index in [0.29, 0.717) is 11.4 Å². The van der Waals surface area contributed by atoms with Gasteiger partial charge in [-0.15, -0.1) is 0 Å². The molecule has 0 fully saturated rings. The summed E-state index contributed by atoms with van der Waals surface area (Å²) in [5, 5.41) is 31.3. The molecule has 0 aliphatic carbocycles. The minimum atomic E-state index is -1.40. The number of carboxylic acid groups (broad SMARTS) is 2. The second-order valence-electron chi connectivity index (χ2n) is 6.82. The monoisotopic (exact) mass is 678 g/mol. The van der Waals surface area contributed by atoms with Crippen molar-refractivity contribution in [2.75, 3.05) is 21.3 Å². The van der Waals surface area contributed by atoms with E-state index in [9.17, 15) is 39.0 Å². The van der Waals surface area contributed by atoms with Crippen LogP contribution in [0.3, 0.4) is 0 Å².